The van der Waals surface area contributed by atoms with Crippen LogP contribution in [-0.4, -0.2) is 32.8 Å². The normalized spacial score (nSPS) is 11.4. The predicted molar refractivity (Wildman–Crippen MR) is 76.2 cm³/mol. The zero-order valence-electron chi connectivity index (χ0n) is 11.5. The molecular formula is C13H18ClNO3S. The van der Waals surface area contributed by atoms with Crippen molar-refractivity contribution in [2.75, 3.05) is 13.6 Å². The van der Waals surface area contributed by atoms with Crippen LogP contribution in [-0.2, 0) is 9.05 Å². The van der Waals surface area contributed by atoms with Gasteiger partial charge in [0.15, 0.2) is 0 Å². The number of rotatable bonds is 4. The average molecular weight is 304 g/mol. The number of carbonyl (C=O) groups is 1. The maximum Gasteiger partial charge on any atom is 0.261 e. The van der Waals surface area contributed by atoms with Gasteiger partial charge in [0.2, 0.25) is 0 Å². The number of amides is 1. The molecule has 0 spiro atoms. The lowest BCUT2D eigenvalue weighted by atomic mass is 10.0. The number of carbonyl (C=O) groups excluding carboxylic acids is 1. The van der Waals surface area contributed by atoms with Crippen LogP contribution in [0.5, 0.6) is 0 Å². The Bertz CT molecular complexity index is 596. The molecule has 1 rings (SSSR count). The largest absolute Gasteiger partial charge is 0.342 e. The van der Waals surface area contributed by atoms with Gasteiger partial charge in [-0.3, -0.25) is 4.79 Å². The molecule has 6 heteroatoms. The minimum atomic E-state index is -3.84. The summed E-state index contributed by atoms with van der Waals surface area (Å²) in [5, 5.41) is 0. The quantitative estimate of drug-likeness (QED) is 0.804. The molecule has 4 nitrogen and oxygen atoms in total. The van der Waals surface area contributed by atoms with Crippen LogP contribution in [0.2, 0.25) is 0 Å². The van der Waals surface area contributed by atoms with Crippen LogP contribution in [0.1, 0.15) is 34.8 Å². The molecule has 0 unspecified atom stereocenters. The second kappa shape index (κ2) is 5.92. The first kappa shape index (κ1) is 16.0. The Hall–Kier alpha value is -1.07. The smallest absolute Gasteiger partial charge is 0.261 e. The third-order valence-corrected chi connectivity index (χ3v) is 4.38. The number of benzene rings is 1. The Kier molecular flexibility index (Phi) is 4.98. The number of nitrogens with zero attached hydrogens (tertiary/aromatic N) is 1. The van der Waals surface area contributed by atoms with E-state index in [0.717, 1.165) is 12.0 Å². The third kappa shape index (κ3) is 3.70. The van der Waals surface area contributed by atoms with Gasteiger partial charge in [-0.2, -0.15) is 0 Å². The van der Waals surface area contributed by atoms with Gasteiger partial charge in [0.05, 0.1) is 4.90 Å². The highest BCUT2D eigenvalue weighted by atomic mass is 35.7. The molecule has 1 amide bonds. The summed E-state index contributed by atoms with van der Waals surface area (Å²) in [7, 11) is 3.23. The number of aryl methyl sites for hydroxylation is 2. The zero-order chi connectivity index (χ0) is 14.8. The Morgan fingerprint density at radius 2 is 1.84 bits per heavy atom. The van der Waals surface area contributed by atoms with Crippen molar-refractivity contribution in [3.05, 3.63) is 28.8 Å². The lowest BCUT2D eigenvalue weighted by Crippen LogP contribution is -2.28. The molecule has 0 radical (unpaired) electrons. The first-order chi connectivity index (χ1) is 8.68. The summed E-state index contributed by atoms with van der Waals surface area (Å²) in [6.45, 7) is 6.03. The second-order valence-electron chi connectivity index (χ2n) is 4.60. The Morgan fingerprint density at radius 3 is 2.32 bits per heavy atom. The first-order valence-electron chi connectivity index (χ1n) is 5.99. The zero-order valence-corrected chi connectivity index (χ0v) is 13.1. The molecule has 0 N–H and O–H groups in total. The van der Waals surface area contributed by atoms with Gasteiger partial charge in [-0.15, -0.1) is 0 Å². The van der Waals surface area contributed by atoms with Crippen LogP contribution >= 0.6 is 10.7 Å². The number of hydrogen-bond acceptors (Lipinski definition) is 3. The highest BCUT2D eigenvalue weighted by Gasteiger charge is 2.20. The van der Waals surface area contributed by atoms with Gasteiger partial charge in [-0.1, -0.05) is 13.0 Å². The van der Waals surface area contributed by atoms with Gasteiger partial charge < -0.3 is 4.90 Å². The van der Waals surface area contributed by atoms with E-state index in [4.69, 9.17) is 10.7 Å². The Morgan fingerprint density at radius 1 is 1.26 bits per heavy atom. The van der Waals surface area contributed by atoms with Crippen molar-refractivity contribution in [1.29, 1.82) is 0 Å². The third-order valence-electron chi connectivity index (χ3n) is 2.92. The van der Waals surface area contributed by atoms with E-state index < -0.39 is 9.05 Å². The average Bonchev–Trinajstić information content (AvgIpc) is 2.26. The van der Waals surface area contributed by atoms with Crippen LogP contribution in [0.15, 0.2) is 17.0 Å². The van der Waals surface area contributed by atoms with Gasteiger partial charge in [0.25, 0.3) is 15.0 Å². The monoisotopic (exact) mass is 303 g/mol. The van der Waals surface area contributed by atoms with Gasteiger partial charge in [0.1, 0.15) is 0 Å². The van der Waals surface area contributed by atoms with E-state index in [0.29, 0.717) is 17.7 Å². The van der Waals surface area contributed by atoms with Crippen LogP contribution in [0.25, 0.3) is 0 Å². The molecule has 0 aliphatic carbocycles. The summed E-state index contributed by atoms with van der Waals surface area (Å²) in [6.07, 6.45) is 0.841. The molecule has 0 fully saturated rings. The summed E-state index contributed by atoms with van der Waals surface area (Å²) in [5.74, 6) is -0.194. The van der Waals surface area contributed by atoms with Crippen molar-refractivity contribution >= 4 is 25.6 Å². The maximum atomic E-state index is 12.2. The molecule has 0 aliphatic rings. The Labute approximate surface area is 118 Å². The fraction of sp³-hybridized carbons (Fsp3) is 0.462. The summed E-state index contributed by atoms with van der Waals surface area (Å²) >= 11 is 0. The summed E-state index contributed by atoms with van der Waals surface area (Å²) < 4.78 is 23.0. The minimum absolute atomic E-state index is 0.00647. The van der Waals surface area contributed by atoms with E-state index in [1.54, 1.807) is 31.9 Å². The van der Waals surface area contributed by atoms with Crippen molar-refractivity contribution in [1.82, 2.24) is 4.90 Å². The van der Waals surface area contributed by atoms with E-state index in [2.05, 4.69) is 0 Å². The lowest BCUT2D eigenvalue weighted by molar-refractivity contribution is 0.0794. The second-order valence-corrected chi connectivity index (χ2v) is 7.13. The van der Waals surface area contributed by atoms with E-state index >= 15 is 0 Å². The van der Waals surface area contributed by atoms with Crippen molar-refractivity contribution in [2.24, 2.45) is 0 Å². The van der Waals surface area contributed by atoms with Crippen LogP contribution in [0.3, 0.4) is 0 Å². The van der Waals surface area contributed by atoms with Crippen molar-refractivity contribution in [3.63, 3.8) is 0 Å². The molecule has 0 aromatic heterocycles. The van der Waals surface area contributed by atoms with Crippen LogP contribution in [0, 0.1) is 13.8 Å². The first-order valence-corrected chi connectivity index (χ1v) is 8.30. The summed E-state index contributed by atoms with van der Waals surface area (Å²) in [4.78, 5) is 13.8. The van der Waals surface area contributed by atoms with Crippen LogP contribution in [0.4, 0.5) is 0 Å². The lowest BCUT2D eigenvalue weighted by Gasteiger charge is -2.18. The highest BCUT2D eigenvalue weighted by Crippen LogP contribution is 2.24. The van der Waals surface area contributed by atoms with Crippen molar-refractivity contribution < 1.29 is 13.2 Å². The van der Waals surface area contributed by atoms with E-state index in [1.807, 2.05) is 6.92 Å². The molecule has 0 heterocycles. The fourth-order valence-electron chi connectivity index (χ4n) is 1.97. The van der Waals surface area contributed by atoms with E-state index in [9.17, 15) is 13.2 Å². The van der Waals surface area contributed by atoms with E-state index in [1.165, 1.54) is 6.07 Å². The van der Waals surface area contributed by atoms with Crippen LogP contribution < -0.4 is 0 Å². The summed E-state index contributed by atoms with van der Waals surface area (Å²) in [5.41, 5.74) is 1.66. The molecule has 0 atom stereocenters. The molecule has 1 aromatic carbocycles. The highest BCUT2D eigenvalue weighted by molar-refractivity contribution is 8.13. The molecule has 0 bridgehead atoms. The topological polar surface area (TPSA) is 54.5 Å². The predicted octanol–water partition coefficient (Wildman–Crippen LogP) is 2.71. The van der Waals surface area contributed by atoms with Crippen molar-refractivity contribution in [2.45, 2.75) is 32.1 Å². The molecule has 106 valence electrons. The molecule has 0 saturated heterocycles. The van der Waals surface area contributed by atoms with Gasteiger partial charge in [0, 0.05) is 29.8 Å². The van der Waals surface area contributed by atoms with E-state index in [-0.39, 0.29) is 10.8 Å². The molecule has 0 saturated carbocycles. The van der Waals surface area contributed by atoms with Gasteiger partial charge >= 0.3 is 0 Å². The molecule has 0 aliphatic heterocycles. The molecular weight excluding hydrogens is 286 g/mol. The standard InChI is InChI=1S/C13H18ClNO3S/c1-5-6-15(4)13(16)11-8-12(19(14,17)18)10(3)7-9(11)2/h7-8H,5-6H2,1-4H3. The van der Waals surface area contributed by atoms with Gasteiger partial charge in [-0.25, -0.2) is 8.42 Å². The van der Waals surface area contributed by atoms with Crippen molar-refractivity contribution in [3.8, 4) is 0 Å². The summed E-state index contributed by atoms with van der Waals surface area (Å²) in [6, 6.07) is 3.03. The maximum absolute atomic E-state index is 12.2. The molecule has 19 heavy (non-hydrogen) atoms. The van der Waals surface area contributed by atoms with Gasteiger partial charge in [-0.05, 0) is 37.5 Å². The Balaban J connectivity index is 3.34. The SMILES string of the molecule is CCCN(C)C(=O)c1cc(S(=O)(=O)Cl)c(C)cc1C. The number of halogens is 1. The minimum Gasteiger partial charge on any atom is -0.342 e. The fourth-order valence-corrected chi connectivity index (χ4v) is 3.17. The number of hydrogen-bond donors (Lipinski definition) is 0. The molecule has 1 aromatic rings.